The van der Waals surface area contributed by atoms with Gasteiger partial charge in [-0.05, 0) is 30.2 Å². The Kier molecular flexibility index (Phi) is 9.24. The molecule has 166 valence electrons. The normalized spacial score (nSPS) is 18.6. The van der Waals surface area contributed by atoms with Crippen LogP contribution in [0.4, 0.5) is 0 Å². The number of hydrogen-bond acceptors (Lipinski definition) is 4. The highest BCUT2D eigenvalue weighted by Gasteiger charge is 2.49. The van der Waals surface area contributed by atoms with E-state index in [1.165, 1.54) is 19.3 Å². The maximum Gasteiger partial charge on any atom is 0.244 e. The van der Waals surface area contributed by atoms with Crippen LogP contribution in [0.1, 0.15) is 69.8 Å². The van der Waals surface area contributed by atoms with Gasteiger partial charge in [0.1, 0.15) is 0 Å². The van der Waals surface area contributed by atoms with Crippen LogP contribution in [0.2, 0.25) is 0 Å². The average molecular weight is 434 g/mol. The summed E-state index contributed by atoms with van der Waals surface area (Å²) in [5.74, 6) is -1.12. The number of carbonyl (C=O) groups is 2. The van der Waals surface area contributed by atoms with Crippen LogP contribution in [-0.4, -0.2) is 29.1 Å². The van der Waals surface area contributed by atoms with Crippen molar-refractivity contribution in [1.82, 2.24) is 10.8 Å². The van der Waals surface area contributed by atoms with Gasteiger partial charge in [0.15, 0.2) is 0 Å². The Morgan fingerprint density at radius 3 is 2.40 bits per heavy atom. The fourth-order valence-corrected chi connectivity index (χ4v) is 5.30. The number of amides is 2. The Labute approximate surface area is 184 Å². The molecule has 30 heavy (non-hydrogen) atoms. The fourth-order valence-electron chi connectivity index (χ4n) is 4.98. The van der Waals surface area contributed by atoms with E-state index in [9.17, 15) is 14.8 Å². The van der Waals surface area contributed by atoms with Crippen LogP contribution in [0.25, 0.3) is 0 Å². The Bertz CT molecular complexity index is 722. The summed E-state index contributed by atoms with van der Waals surface area (Å²) in [6, 6.07) is 9.87. The van der Waals surface area contributed by atoms with E-state index in [-0.39, 0.29) is 18.3 Å². The van der Waals surface area contributed by atoms with Crippen molar-refractivity contribution in [3.05, 3.63) is 35.9 Å². The highest BCUT2D eigenvalue weighted by molar-refractivity contribution is 7.80. The second-order valence-corrected chi connectivity index (χ2v) is 9.09. The van der Waals surface area contributed by atoms with Gasteiger partial charge >= 0.3 is 0 Å². The van der Waals surface area contributed by atoms with E-state index in [0.717, 1.165) is 18.4 Å². The summed E-state index contributed by atoms with van der Waals surface area (Å²) < 4.78 is 0. The van der Waals surface area contributed by atoms with Crippen LogP contribution >= 0.6 is 12.2 Å². The topological polar surface area (TPSA) is 104 Å². The molecule has 1 aromatic carbocycles. The van der Waals surface area contributed by atoms with Crippen LogP contribution in [0, 0.1) is 17.3 Å². The van der Waals surface area contributed by atoms with E-state index in [4.69, 9.17) is 18.0 Å². The molecular weight excluding hydrogens is 398 g/mol. The molecular formula is C23H35N3O3S. The Balaban J connectivity index is 2.46. The largest absolute Gasteiger partial charge is 0.382 e. The number of hydroxylamine groups is 1. The van der Waals surface area contributed by atoms with Crippen molar-refractivity contribution < 1.29 is 14.8 Å². The van der Waals surface area contributed by atoms with Crippen molar-refractivity contribution in [2.75, 3.05) is 7.05 Å². The molecule has 0 aromatic heterocycles. The first kappa shape index (κ1) is 24.3. The number of hydrogen-bond donors (Lipinski definition) is 4. The minimum absolute atomic E-state index is 0.0151. The molecule has 1 fully saturated rings. The molecule has 6 nitrogen and oxygen atoms in total. The number of thiocarbonyl (C=S) groups is 1. The molecule has 5 N–H and O–H groups in total. The zero-order valence-corrected chi connectivity index (χ0v) is 18.8. The lowest BCUT2D eigenvalue weighted by Gasteiger charge is -2.41. The second-order valence-electron chi connectivity index (χ2n) is 8.65. The molecule has 0 bridgehead atoms. The lowest BCUT2D eigenvalue weighted by molar-refractivity contribution is -0.141. The monoisotopic (exact) mass is 433 g/mol. The summed E-state index contributed by atoms with van der Waals surface area (Å²) in [4.78, 5) is 25.9. The number of rotatable bonds is 10. The van der Waals surface area contributed by atoms with Gasteiger partial charge in [0.2, 0.25) is 11.8 Å². The molecule has 2 rings (SSSR count). The van der Waals surface area contributed by atoms with Crippen LogP contribution in [0.15, 0.2) is 30.3 Å². The molecule has 7 heteroatoms. The molecule has 0 saturated heterocycles. The van der Waals surface area contributed by atoms with Crippen molar-refractivity contribution in [2.45, 2.75) is 64.2 Å². The lowest BCUT2D eigenvalue weighted by Crippen LogP contribution is -2.52. The van der Waals surface area contributed by atoms with Gasteiger partial charge in [-0.15, -0.1) is 0 Å². The third-order valence-electron chi connectivity index (χ3n) is 6.65. The molecule has 0 aliphatic heterocycles. The van der Waals surface area contributed by atoms with E-state index in [1.807, 2.05) is 37.3 Å². The van der Waals surface area contributed by atoms with Crippen molar-refractivity contribution in [3.8, 4) is 0 Å². The van der Waals surface area contributed by atoms with E-state index >= 15 is 0 Å². The average Bonchev–Trinajstić information content (AvgIpc) is 2.77. The number of benzene rings is 1. The molecule has 1 aromatic rings. The third kappa shape index (κ3) is 6.01. The predicted octanol–water partition coefficient (Wildman–Crippen LogP) is 3.68. The van der Waals surface area contributed by atoms with E-state index in [0.29, 0.717) is 23.7 Å². The number of nitrogens with one attached hydrogen (secondary N) is 2. The van der Waals surface area contributed by atoms with Crippen LogP contribution in [0.3, 0.4) is 0 Å². The van der Waals surface area contributed by atoms with Gasteiger partial charge in [-0.25, -0.2) is 5.48 Å². The van der Waals surface area contributed by atoms with Gasteiger partial charge in [-0.3, -0.25) is 14.8 Å². The van der Waals surface area contributed by atoms with Crippen molar-refractivity contribution in [3.63, 3.8) is 0 Å². The maximum absolute atomic E-state index is 13.0. The molecule has 1 aliphatic carbocycles. The third-order valence-corrected chi connectivity index (χ3v) is 7.14. The maximum atomic E-state index is 13.0. The van der Waals surface area contributed by atoms with E-state index < -0.39 is 17.2 Å². The van der Waals surface area contributed by atoms with Crippen molar-refractivity contribution in [2.24, 2.45) is 23.0 Å². The van der Waals surface area contributed by atoms with Gasteiger partial charge in [0.05, 0.1) is 10.4 Å². The van der Waals surface area contributed by atoms with Gasteiger partial charge in [0, 0.05) is 19.4 Å². The molecule has 2 amide bonds. The summed E-state index contributed by atoms with van der Waals surface area (Å²) >= 11 is 5.66. The first-order valence-corrected chi connectivity index (χ1v) is 11.2. The minimum atomic E-state index is -1.19. The van der Waals surface area contributed by atoms with Crippen molar-refractivity contribution >= 4 is 29.0 Å². The molecule has 0 spiro atoms. The standard InChI is InChI=1S/C23H35N3O3S/c1-16(18-11-7-4-8-12-18)14-23(22(24)28,15-20(27)26-29)19(21(30)25-2)13-17-9-5-3-6-10-17/h4,7-8,11-12,16-17,19,29H,3,5-6,9-10,13-15H2,1-2H3,(H2,24,28)(H,25,30)(H,26,27)/t16?,19-,23-/m1/s1. The number of carbonyl (C=O) groups excluding carboxylic acids is 2. The van der Waals surface area contributed by atoms with Gasteiger partial charge in [-0.1, -0.05) is 81.6 Å². The summed E-state index contributed by atoms with van der Waals surface area (Å²) in [7, 11) is 1.74. The predicted molar refractivity (Wildman–Crippen MR) is 122 cm³/mol. The molecule has 0 heterocycles. The SMILES string of the molecule is CNC(=S)[C@@H](CC1CCCCC1)[C@](CC(=O)NO)(CC(C)c1ccccc1)C(N)=O. The first-order chi connectivity index (χ1) is 14.3. The van der Waals surface area contributed by atoms with Gasteiger partial charge in [-0.2, -0.15) is 0 Å². The highest BCUT2D eigenvalue weighted by Crippen LogP contribution is 2.46. The highest BCUT2D eigenvalue weighted by atomic mass is 32.1. The summed E-state index contributed by atoms with van der Waals surface area (Å²) in [6.07, 6.45) is 6.65. The first-order valence-electron chi connectivity index (χ1n) is 10.8. The lowest BCUT2D eigenvalue weighted by atomic mass is 9.63. The Hall–Kier alpha value is -1.99. The zero-order chi connectivity index (χ0) is 22.1. The molecule has 1 unspecified atom stereocenters. The molecule has 1 aliphatic rings. The quantitative estimate of drug-likeness (QED) is 0.256. The van der Waals surface area contributed by atoms with Crippen LogP contribution in [0.5, 0.6) is 0 Å². The zero-order valence-electron chi connectivity index (χ0n) is 18.0. The minimum Gasteiger partial charge on any atom is -0.382 e. The summed E-state index contributed by atoms with van der Waals surface area (Å²) in [6.45, 7) is 2.03. The van der Waals surface area contributed by atoms with E-state index in [1.54, 1.807) is 12.5 Å². The molecule has 0 radical (unpaired) electrons. The second kappa shape index (κ2) is 11.4. The fraction of sp³-hybridized carbons (Fsp3) is 0.609. The van der Waals surface area contributed by atoms with Crippen LogP contribution in [-0.2, 0) is 9.59 Å². The van der Waals surface area contributed by atoms with E-state index in [2.05, 4.69) is 5.32 Å². The molecule has 1 saturated carbocycles. The van der Waals surface area contributed by atoms with Gasteiger partial charge in [0.25, 0.3) is 0 Å². The molecule has 3 atom stereocenters. The Morgan fingerprint density at radius 1 is 1.23 bits per heavy atom. The number of nitrogens with two attached hydrogens (primary N) is 1. The van der Waals surface area contributed by atoms with Crippen molar-refractivity contribution in [1.29, 1.82) is 0 Å². The Morgan fingerprint density at radius 2 is 1.87 bits per heavy atom. The number of primary amides is 1. The summed E-state index contributed by atoms with van der Waals surface area (Å²) in [5.41, 5.74) is 7.58. The summed E-state index contributed by atoms with van der Waals surface area (Å²) in [5, 5.41) is 12.3. The van der Waals surface area contributed by atoms with Gasteiger partial charge < -0.3 is 11.1 Å². The van der Waals surface area contributed by atoms with Crippen LogP contribution < -0.4 is 16.5 Å². The smallest absolute Gasteiger partial charge is 0.244 e.